The predicted molar refractivity (Wildman–Crippen MR) is 81.7 cm³/mol. The Hall–Kier alpha value is -2.63. The van der Waals surface area contributed by atoms with Crippen LogP contribution >= 0.6 is 0 Å². The largest absolute Gasteiger partial charge is 0.480 e. The lowest BCUT2D eigenvalue weighted by atomic mass is 10.0. The Morgan fingerprint density at radius 2 is 1.95 bits per heavy atom. The SMILES string of the molecule is CC(C)C(NC(=O)Cc1cnn(-c2ccccc2)c1)C(=O)O. The highest BCUT2D eigenvalue weighted by Gasteiger charge is 2.23. The number of amides is 1. The summed E-state index contributed by atoms with van der Waals surface area (Å²) in [5, 5.41) is 15.8. The van der Waals surface area contributed by atoms with Crippen molar-refractivity contribution in [1.82, 2.24) is 15.1 Å². The first-order valence-corrected chi connectivity index (χ1v) is 7.08. The van der Waals surface area contributed by atoms with E-state index >= 15 is 0 Å². The van der Waals surface area contributed by atoms with E-state index in [0.717, 1.165) is 11.3 Å². The molecule has 1 aromatic carbocycles. The van der Waals surface area contributed by atoms with Crippen LogP contribution in [0.3, 0.4) is 0 Å². The fourth-order valence-corrected chi connectivity index (χ4v) is 2.10. The molecule has 22 heavy (non-hydrogen) atoms. The van der Waals surface area contributed by atoms with E-state index in [1.807, 2.05) is 30.3 Å². The van der Waals surface area contributed by atoms with Gasteiger partial charge < -0.3 is 10.4 Å². The number of rotatable bonds is 6. The van der Waals surface area contributed by atoms with Crippen molar-refractivity contribution >= 4 is 11.9 Å². The standard InChI is InChI=1S/C16H19N3O3/c1-11(2)15(16(21)22)18-14(20)8-12-9-17-19(10-12)13-6-4-3-5-7-13/h3-7,9-11,15H,8H2,1-2H3,(H,18,20)(H,21,22). The molecule has 0 saturated carbocycles. The van der Waals surface area contributed by atoms with Gasteiger partial charge in [0.25, 0.3) is 0 Å². The first-order chi connectivity index (χ1) is 10.5. The van der Waals surface area contributed by atoms with Crippen molar-refractivity contribution in [2.24, 2.45) is 5.92 Å². The molecular weight excluding hydrogens is 282 g/mol. The van der Waals surface area contributed by atoms with Gasteiger partial charge in [0.15, 0.2) is 0 Å². The van der Waals surface area contributed by atoms with Gasteiger partial charge >= 0.3 is 5.97 Å². The van der Waals surface area contributed by atoms with Gasteiger partial charge in [0.05, 0.1) is 18.3 Å². The third-order valence-electron chi connectivity index (χ3n) is 3.27. The lowest BCUT2D eigenvalue weighted by molar-refractivity contribution is -0.143. The quantitative estimate of drug-likeness (QED) is 0.849. The number of aromatic nitrogens is 2. The summed E-state index contributed by atoms with van der Waals surface area (Å²) in [6.07, 6.45) is 3.47. The van der Waals surface area contributed by atoms with Gasteiger partial charge in [0.1, 0.15) is 6.04 Å². The van der Waals surface area contributed by atoms with Crippen molar-refractivity contribution in [3.8, 4) is 5.69 Å². The van der Waals surface area contributed by atoms with Crippen molar-refractivity contribution in [1.29, 1.82) is 0 Å². The Bertz CT molecular complexity index is 650. The molecule has 0 saturated heterocycles. The van der Waals surface area contributed by atoms with Crippen LogP contribution in [-0.2, 0) is 16.0 Å². The van der Waals surface area contributed by atoms with Crippen LogP contribution < -0.4 is 5.32 Å². The fraction of sp³-hybridized carbons (Fsp3) is 0.312. The third kappa shape index (κ3) is 3.94. The first-order valence-electron chi connectivity index (χ1n) is 7.08. The molecule has 0 aliphatic heterocycles. The molecule has 1 atom stereocenters. The Morgan fingerprint density at radius 1 is 1.27 bits per heavy atom. The predicted octanol–water partition coefficient (Wildman–Crippen LogP) is 1.64. The molecule has 6 nitrogen and oxygen atoms in total. The van der Waals surface area contributed by atoms with Gasteiger partial charge in [0.2, 0.25) is 5.91 Å². The van der Waals surface area contributed by atoms with Gasteiger partial charge in [-0.05, 0) is 23.6 Å². The number of benzene rings is 1. The lowest BCUT2D eigenvalue weighted by Crippen LogP contribution is -2.44. The maximum Gasteiger partial charge on any atom is 0.326 e. The van der Waals surface area contributed by atoms with Crippen molar-refractivity contribution in [3.05, 3.63) is 48.3 Å². The summed E-state index contributed by atoms with van der Waals surface area (Å²) >= 11 is 0. The second-order valence-corrected chi connectivity index (χ2v) is 5.43. The van der Waals surface area contributed by atoms with E-state index in [-0.39, 0.29) is 18.2 Å². The van der Waals surface area contributed by atoms with Gasteiger partial charge in [-0.25, -0.2) is 9.48 Å². The van der Waals surface area contributed by atoms with E-state index in [4.69, 9.17) is 5.11 Å². The Balaban J connectivity index is 2.01. The summed E-state index contributed by atoms with van der Waals surface area (Å²) in [6.45, 7) is 3.51. The maximum absolute atomic E-state index is 12.0. The van der Waals surface area contributed by atoms with Crippen LogP contribution in [0.15, 0.2) is 42.7 Å². The number of carboxylic acid groups (broad SMARTS) is 1. The van der Waals surface area contributed by atoms with Gasteiger partial charge in [0, 0.05) is 6.20 Å². The number of carbonyl (C=O) groups excluding carboxylic acids is 1. The highest BCUT2D eigenvalue weighted by molar-refractivity contribution is 5.84. The monoisotopic (exact) mass is 301 g/mol. The van der Waals surface area contributed by atoms with Crippen LogP contribution in [0.5, 0.6) is 0 Å². The topological polar surface area (TPSA) is 84.2 Å². The molecule has 2 N–H and O–H groups in total. The molecule has 0 aliphatic carbocycles. The van der Waals surface area contributed by atoms with E-state index in [0.29, 0.717) is 0 Å². The summed E-state index contributed by atoms with van der Waals surface area (Å²) in [5.41, 5.74) is 1.63. The molecule has 6 heteroatoms. The molecule has 0 spiro atoms. The van der Waals surface area contributed by atoms with Gasteiger partial charge in [-0.2, -0.15) is 5.10 Å². The minimum atomic E-state index is -1.02. The number of carboxylic acids is 1. The average Bonchev–Trinajstić information content (AvgIpc) is 2.93. The molecule has 0 fully saturated rings. The summed E-state index contributed by atoms with van der Waals surface area (Å²) in [5.74, 6) is -1.52. The van der Waals surface area contributed by atoms with Gasteiger partial charge in [-0.15, -0.1) is 0 Å². The number of nitrogens with one attached hydrogen (secondary N) is 1. The Labute approximate surface area is 128 Å². The van der Waals surface area contributed by atoms with Crippen molar-refractivity contribution < 1.29 is 14.7 Å². The molecule has 1 heterocycles. The molecule has 2 aromatic rings. The number of nitrogens with zero attached hydrogens (tertiary/aromatic N) is 2. The smallest absolute Gasteiger partial charge is 0.326 e. The lowest BCUT2D eigenvalue weighted by Gasteiger charge is -2.17. The summed E-state index contributed by atoms with van der Waals surface area (Å²) in [4.78, 5) is 23.1. The molecule has 1 unspecified atom stereocenters. The normalized spacial score (nSPS) is 12.1. The first kappa shape index (κ1) is 15.8. The molecule has 0 bridgehead atoms. The fourth-order valence-electron chi connectivity index (χ4n) is 2.10. The van der Waals surface area contributed by atoms with E-state index in [1.165, 1.54) is 0 Å². The molecule has 1 amide bonds. The van der Waals surface area contributed by atoms with Gasteiger partial charge in [-0.1, -0.05) is 32.0 Å². The zero-order valence-electron chi connectivity index (χ0n) is 12.6. The Morgan fingerprint density at radius 3 is 2.55 bits per heavy atom. The molecule has 0 radical (unpaired) electrons. The highest BCUT2D eigenvalue weighted by atomic mass is 16.4. The number of hydrogen-bond donors (Lipinski definition) is 2. The number of para-hydroxylation sites is 1. The Kier molecular flexibility index (Phi) is 4.93. The minimum Gasteiger partial charge on any atom is -0.480 e. The molecule has 116 valence electrons. The van der Waals surface area contributed by atoms with Crippen LogP contribution in [0, 0.1) is 5.92 Å². The van der Waals surface area contributed by atoms with Crippen molar-refractivity contribution in [3.63, 3.8) is 0 Å². The van der Waals surface area contributed by atoms with Crippen LogP contribution in [0.4, 0.5) is 0 Å². The molecule has 1 aromatic heterocycles. The summed E-state index contributed by atoms with van der Waals surface area (Å²) < 4.78 is 1.68. The van der Waals surface area contributed by atoms with Crippen LogP contribution in [0.25, 0.3) is 5.69 Å². The van der Waals surface area contributed by atoms with Gasteiger partial charge in [-0.3, -0.25) is 4.79 Å². The number of aliphatic carboxylic acids is 1. The zero-order valence-corrected chi connectivity index (χ0v) is 12.6. The van der Waals surface area contributed by atoms with E-state index in [2.05, 4.69) is 10.4 Å². The maximum atomic E-state index is 12.0. The molecule has 0 aliphatic rings. The summed E-state index contributed by atoms with van der Waals surface area (Å²) in [6, 6.07) is 8.68. The second kappa shape index (κ2) is 6.89. The molecular formula is C16H19N3O3. The zero-order chi connectivity index (χ0) is 16.1. The second-order valence-electron chi connectivity index (χ2n) is 5.43. The molecule has 2 rings (SSSR count). The number of hydrogen-bond acceptors (Lipinski definition) is 3. The third-order valence-corrected chi connectivity index (χ3v) is 3.27. The van der Waals surface area contributed by atoms with Crippen molar-refractivity contribution in [2.75, 3.05) is 0 Å². The highest BCUT2D eigenvalue weighted by Crippen LogP contribution is 2.09. The van der Waals surface area contributed by atoms with E-state index in [1.54, 1.807) is 30.9 Å². The number of carbonyl (C=O) groups is 2. The minimum absolute atomic E-state index is 0.101. The van der Waals surface area contributed by atoms with E-state index in [9.17, 15) is 9.59 Å². The van der Waals surface area contributed by atoms with E-state index < -0.39 is 12.0 Å². The van der Waals surface area contributed by atoms with Crippen LogP contribution in [0.2, 0.25) is 0 Å². The van der Waals surface area contributed by atoms with Crippen LogP contribution in [-0.4, -0.2) is 32.8 Å². The summed E-state index contributed by atoms with van der Waals surface area (Å²) in [7, 11) is 0. The van der Waals surface area contributed by atoms with Crippen molar-refractivity contribution in [2.45, 2.75) is 26.3 Å². The van der Waals surface area contributed by atoms with Crippen LogP contribution in [0.1, 0.15) is 19.4 Å². The average molecular weight is 301 g/mol.